The van der Waals surface area contributed by atoms with Crippen molar-refractivity contribution >= 4 is 11.6 Å². The third-order valence-corrected chi connectivity index (χ3v) is 3.20. The molecule has 1 aromatic rings. The van der Waals surface area contributed by atoms with Gasteiger partial charge in [-0.15, -0.1) is 0 Å². The summed E-state index contributed by atoms with van der Waals surface area (Å²) in [5.74, 6) is 3.56. The Hall–Kier alpha value is -1.36. The van der Waals surface area contributed by atoms with E-state index in [1.165, 1.54) is 12.8 Å². The molecule has 3 N–H and O–H groups in total. The maximum Gasteiger partial charge on any atom is 0.136 e. The van der Waals surface area contributed by atoms with E-state index in [0.29, 0.717) is 18.4 Å². The minimum absolute atomic E-state index is 0.336. The summed E-state index contributed by atoms with van der Waals surface area (Å²) in [6, 6.07) is 1.88. The number of rotatable bonds is 7. The van der Waals surface area contributed by atoms with Crippen LogP contribution in [0.5, 0.6) is 0 Å². The van der Waals surface area contributed by atoms with E-state index in [2.05, 4.69) is 34.4 Å². The lowest BCUT2D eigenvalue weighted by Crippen LogP contribution is -2.22. The zero-order valence-electron chi connectivity index (χ0n) is 12.0. The summed E-state index contributed by atoms with van der Waals surface area (Å²) < 4.78 is 0. The Bertz CT molecular complexity index is 418. The van der Waals surface area contributed by atoms with Crippen molar-refractivity contribution in [3.05, 3.63) is 11.9 Å². The molecule has 0 radical (unpaired) electrons. The molecule has 1 aromatic heterocycles. The summed E-state index contributed by atoms with van der Waals surface area (Å²) in [6.07, 6.45) is 2.83. The molecule has 19 heavy (non-hydrogen) atoms. The van der Waals surface area contributed by atoms with Crippen molar-refractivity contribution in [2.75, 3.05) is 24.2 Å². The first kappa shape index (κ1) is 14.1. The van der Waals surface area contributed by atoms with Crippen LogP contribution in [0.1, 0.15) is 44.9 Å². The normalized spacial score (nSPS) is 16.5. The van der Waals surface area contributed by atoms with Gasteiger partial charge in [-0.2, -0.15) is 0 Å². The molecule has 0 spiro atoms. The number of aliphatic hydroxyl groups is 1. The van der Waals surface area contributed by atoms with Crippen LogP contribution in [0.2, 0.25) is 0 Å². The second-order valence-corrected chi connectivity index (χ2v) is 5.69. The summed E-state index contributed by atoms with van der Waals surface area (Å²) in [5.41, 5.74) is 0. The van der Waals surface area contributed by atoms with Crippen molar-refractivity contribution in [1.29, 1.82) is 0 Å². The lowest BCUT2D eigenvalue weighted by atomic mass is 10.1. The Morgan fingerprint density at radius 2 is 2.00 bits per heavy atom. The van der Waals surface area contributed by atoms with E-state index in [4.69, 9.17) is 0 Å². The minimum atomic E-state index is -0.336. The molecule has 1 aliphatic carbocycles. The number of hydrogen-bond donors (Lipinski definition) is 3. The van der Waals surface area contributed by atoms with Crippen LogP contribution in [0.25, 0.3) is 0 Å². The van der Waals surface area contributed by atoms with Gasteiger partial charge in [-0.25, -0.2) is 9.97 Å². The lowest BCUT2D eigenvalue weighted by molar-refractivity contribution is 0.161. The van der Waals surface area contributed by atoms with Gasteiger partial charge in [0.1, 0.15) is 17.5 Å². The van der Waals surface area contributed by atoms with E-state index in [9.17, 15) is 5.11 Å². The molecule has 1 aliphatic rings. The molecule has 0 saturated heterocycles. The van der Waals surface area contributed by atoms with Crippen LogP contribution in [0.15, 0.2) is 6.07 Å². The van der Waals surface area contributed by atoms with E-state index in [0.717, 1.165) is 23.9 Å². The Labute approximate surface area is 114 Å². The quantitative estimate of drug-likeness (QED) is 0.704. The number of aliphatic hydroxyl groups excluding tert-OH is 1. The first-order valence-electron chi connectivity index (χ1n) is 7.07. The van der Waals surface area contributed by atoms with Gasteiger partial charge >= 0.3 is 0 Å². The number of hydrogen-bond acceptors (Lipinski definition) is 5. The average molecular weight is 264 g/mol. The molecule has 5 nitrogen and oxygen atoms in total. The molecule has 106 valence electrons. The molecule has 5 heteroatoms. The Kier molecular flexibility index (Phi) is 4.58. The van der Waals surface area contributed by atoms with Gasteiger partial charge in [0.2, 0.25) is 0 Å². The van der Waals surface area contributed by atoms with Gasteiger partial charge in [-0.1, -0.05) is 13.8 Å². The monoisotopic (exact) mass is 264 g/mol. The van der Waals surface area contributed by atoms with E-state index in [1.807, 2.05) is 13.1 Å². The molecule has 1 heterocycles. The molecule has 0 amide bonds. The molecule has 1 saturated carbocycles. The topological polar surface area (TPSA) is 70.1 Å². The van der Waals surface area contributed by atoms with Gasteiger partial charge in [-0.05, 0) is 25.2 Å². The molecule has 0 aromatic carbocycles. The first-order valence-corrected chi connectivity index (χ1v) is 7.07. The highest BCUT2D eigenvalue weighted by molar-refractivity contribution is 5.47. The molecular formula is C14H24N4O. The van der Waals surface area contributed by atoms with Crippen LogP contribution in [0.4, 0.5) is 11.6 Å². The van der Waals surface area contributed by atoms with Gasteiger partial charge in [0.15, 0.2) is 0 Å². The van der Waals surface area contributed by atoms with Crippen molar-refractivity contribution in [2.45, 2.75) is 45.1 Å². The maximum absolute atomic E-state index is 9.88. The summed E-state index contributed by atoms with van der Waals surface area (Å²) in [7, 11) is 1.86. The molecule has 1 fully saturated rings. The number of anilines is 2. The number of nitrogens with one attached hydrogen (secondary N) is 2. The van der Waals surface area contributed by atoms with Crippen LogP contribution in [0, 0.1) is 5.92 Å². The van der Waals surface area contributed by atoms with E-state index >= 15 is 0 Å². The first-order chi connectivity index (χ1) is 9.08. The summed E-state index contributed by atoms with van der Waals surface area (Å²) in [5, 5.41) is 16.1. The summed E-state index contributed by atoms with van der Waals surface area (Å²) in [6.45, 7) is 4.75. The minimum Gasteiger partial charge on any atom is -0.391 e. The SMILES string of the molecule is CNc1cc(NCC(O)CC(C)C)nc(C2CC2)n1. The van der Waals surface area contributed by atoms with Crippen LogP contribution in [0.3, 0.4) is 0 Å². The standard InChI is InChI=1S/C14H24N4O/c1-9(2)6-11(19)8-16-13-7-12(15-3)17-14(18-13)10-4-5-10/h7,9-11,19H,4-6,8H2,1-3H3,(H2,15,16,17,18). The Balaban J connectivity index is 1.97. The maximum atomic E-state index is 9.88. The number of aromatic nitrogens is 2. The zero-order valence-corrected chi connectivity index (χ0v) is 12.0. The van der Waals surface area contributed by atoms with Crippen molar-refractivity contribution in [3.8, 4) is 0 Å². The van der Waals surface area contributed by atoms with Gasteiger partial charge in [-0.3, -0.25) is 0 Å². The smallest absolute Gasteiger partial charge is 0.136 e. The van der Waals surface area contributed by atoms with Crippen LogP contribution < -0.4 is 10.6 Å². The van der Waals surface area contributed by atoms with Crippen LogP contribution in [-0.2, 0) is 0 Å². The summed E-state index contributed by atoms with van der Waals surface area (Å²) in [4.78, 5) is 8.99. The largest absolute Gasteiger partial charge is 0.391 e. The van der Waals surface area contributed by atoms with Crippen molar-refractivity contribution in [1.82, 2.24) is 9.97 Å². The van der Waals surface area contributed by atoms with Crippen LogP contribution in [-0.4, -0.2) is 34.8 Å². The molecule has 1 unspecified atom stereocenters. The van der Waals surface area contributed by atoms with Crippen LogP contribution >= 0.6 is 0 Å². The van der Waals surface area contributed by atoms with E-state index in [-0.39, 0.29) is 6.10 Å². The highest BCUT2D eigenvalue weighted by Gasteiger charge is 2.27. The van der Waals surface area contributed by atoms with Gasteiger partial charge in [0, 0.05) is 25.6 Å². The van der Waals surface area contributed by atoms with Crippen molar-refractivity contribution < 1.29 is 5.11 Å². The van der Waals surface area contributed by atoms with Crippen molar-refractivity contribution in [3.63, 3.8) is 0 Å². The lowest BCUT2D eigenvalue weighted by Gasteiger charge is -2.15. The van der Waals surface area contributed by atoms with Gasteiger partial charge in [0.25, 0.3) is 0 Å². The molecule has 0 bridgehead atoms. The third-order valence-electron chi connectivity index (χ3n) is 3.20. The predicted molar refractivity (Wildman–Crippen MR) is 77.5 cm³/mol. The fourth-order valence-corrected chi connectivity index (χ4v) is 2.06. The molecular weight excluding hydrogens is 240 g/mol. The number of nitrogens with zero attached hydrogens (tertiary/aromatic N) is 2. The van der Waals surface area contributed by atoms with Gasteiger partial charge in [0.05, 0.1) is 6.10 Å². The average Bonchev–Trinajstić information content (AvgIpc) is 3.19. The second-order valence-electron chi connectivity index (χ2n) is 5.69. The molecule has 0 aliphatic heterocycles. The Morgan fingerprint density at radius 3 is 2.58 bits per heavy atom. The predicted octanol–water partition coefficient (Wildman–Crippen LogP) is 2.21. The third kappa shape index (κ3) is 4.35. The molecule has 1 atom stereocenters. The Morgan fingerprint density at radius 1 is 1.32 bits per heavy atom. The fourth-order valence-electron chi connectivity index (χ4n) is 2.06. The fraction of sp³-hybridized carbons (Fsp3) is 0.714. The highest BCUT2D eigenvalue weighted by atomic mass is 16.3. The molecule has 2 rings (SSSR count). The highest BCUT2D eigenvalue weighted by Crippen LogP contribution is 2.38. The summed E-state index contributed by atoms with van der Waals surface area (Å²) >= 11 is 0. The van der Waals surface area contributed by atoms with Gasteiger partial charge < -0.3 is 15.7 Å². The zero-order chi connectivity index (χ0) is 13.8. The van der Waals surface area contributed by atoms with E-state index < -0.39 is 0 Å². The second kappa shape index (κ2) is 6.19. The van der Waals surface area contributed by atoms with E-state index in [1.54, 1.807) is 0 Å². The van der Waals surface area contributed by atoms with Crippen molar-refractivity contribution in [2.24, 2.45) is 5.92 Å².